The van der Waals surface area contributed by atoms with Crippen LogP contribution in [0.15, 0.2) is 205 Å². The Morgan fingerprint density at radius 2 is 0.969 bits per heavy atom. The maximum atomic E-state index is 6.39. The van der Waals surface area contributed by atoms with Gasteiger partial charge in [-0.05, 0) is 75.6 Å². The third-order valence-electron chi connectivity index (χ3n) is 12.2. The summed E-state index contributed by atoms with van der Waals surface area (Å²) < 4.78 is 8.70. The average Bonchev–Trinajstić information content (AvgIpc) is 3.91. The molecule has 0 fully saturated rings. The average molecular weight is 820 g/mol. The lowest BCUT2D eigenvalue weighted by atomic mass is 10.0. The molecule has 13 rings (SSSR count). The highest BCUT2D eigenvalue weighted by molar-refractivity contribution is 6.10. The number of nitrogens with zero attached hydrogens (tertiary/aromatic N) is 7. The second-order valence-corrected chi connectivity index (χ2v) is 16.0. The lowest BCUT2D eigenvalue weighted by molar-refractivity contribution is 0.652. The minimum Gasteiger partial charge on any atom is -0.434 e. The second kappa shape index (κ2) is 14.4. The van der Waals surface area contributed by atoms with E-state index in [1.54, 1.807) is 6.33 Å². The molecule has 0 saturated heterocycles. The molecule has 0 radical (unpaired) electrons. The third kappa shape index (κ3) is 5.92. The maximum absolute atomic E-state index is 6.39. The van der Waals surface area contributed by atoms with Gasteiger partial charge in [0.05, 0.1) is 16.4 Å². The highest BCUT2D eigenvalue weighted by atomic mass is 16.3. The van der Waals surface area contributed by atoms with E-state index >= 15 is 0 Å². The number of hydrogen-bond donors (Lipinski definition) is 0. The van der Waals surface area contributed by atoms with Crippen molar-refractivity contribution in [2.75, 3.05) is 0 Å². The van der Waals surface area contributed by atoms with Gasteiger partial charge in [0.2, 0.25) is 5.71 Å². The molecule has 298 valence electrons. The van der Waals surface area contributed by atoms with Crippen molar-refractivity contribution < 1.29 is 4.42 Å². The quantitative estimate of drug-likeness (QED) is 0.154. The van der Waals surface area contributed by atoms with Crippen LogP contribution in [0.3, 0.4) is 0 Å². The molecule has 5 aromatic heterocycles. The lowest BCUT2D eigenvalue weighted by Crippen LogP contribution is -2.01. The highest BCUT2D eigenvalue weighted by Crippen LogP contribution is 2.37. The van der Waals surface area contributed by atoms with Gasteiger partial charge in [0.25, 0.3) is 0 Å². The molecule has 0 amide bonds. The molecule has 0 unspecified atom stereocenters. The zero-order valence-corrected chi connectivity index (χ0v) is 34.1. The number of fused-ring (bicyclic) bond motifs is 8. The molecule has 8 nitrogen and oxygen atoms in total. The van der Waals surface area contributed by atoms with Crippen LogP contribution in [-0.2, 0) is 0 Å². The Bertz CT molecular complexity index is 3920. The van der Waals surface area contributed by atoms with E-state index in [1.807, 2.05) is 36.5 Å². The van der Waals surface area contributed by atoms with Crippen LogP contribution in [0.5, 0.6) is 0 Å². The molecule has 0 atom stereocenters. The Balaban J connectivity index is 0.866. The van der Waals surface area contributed by atoms with Crippen molar-refractivity contribution in [3.8, 4) is 62.2 Å². The predicted molar refractivity (Wildman–Crippen MR) is 257 cm³/mol. The molecule has 8 aromatic carbocycles. The van der Waals surface area contributed by atoms with E-state index in [-0.39, 0.29) is 0 Å². The van der Waals surface area contributed by atoms with Crippen molar-refractivity contribution in [3.63, 3.8) is 0 Å². The molecule has 0 saturated carbocycles. The molecule has 8 heteroatoms. The summed E-state index contributed by atoms with van der Waals surface area (Å²) in [6.07, 6.45) is 3.44. The SMILES string of the molecule is c1ccc(-c2nc(-c3ccc(-c4cnc5oc6c(-c7ccc8cc9ccccc9cc8c7)ncnc6c5c4)cc3)nc(-c3cccc(-n4c5ccccc5c5ccccc54)c3)n2)cc1. The van der Waals surface area contributed by atoms with Crippen LogP contribution in [0.2, 0.25) is 0 Å². The summed E-state index contributed by atoms with van der Waals surface area (Å²) in [5.41, 5.74) is 11.4. The van der Waals surface area contributed by atoms with Crippen molar-refractivity contribution in [3.05, 3.63) is 201 Å². The Kier molecular flexibility index (Phi) is 8.04. The highest BCUT2D eigenvalue weighted by Gasteiger charge is 2.19. The third-order valence-corrected chi connectivity index (χ3v) is 12.2. The Morgan fingerprint density at radius 3 is 1.72 bits per heavy atom. The molecule has 64 heavy (non-hydrogen) atoms. The number of benzene rings is 8. The molecule has 0 aliphatic rings. The first-order valence-corrected chi connectivity index (χ1v) is 21.2. The topological polar surface area (TPSA) is 95.4 Å². The number of aromatic nitrogens is 7. The number of pyridine rings is 1. The number of para-hydroxylation sites is 2. The normalized spacial score (nSPS) is 11.8. The van der Waals surface area contributed by atoms with Crippen LogP contribution >= 0.6 is 0 Å². The summed E-state index contributed by atoms with van der Waals surface area (Å²) in [6.45, 7) is 0. The van der Waals surface area contributed by atoms with E-state index in [9.17, 15) is 0 Å². The van der Waals surface area contributed by atoms with E-state index in [1.165, 1.54) is 26.9 Å². The first-order chi connectivity index (χ1) is 31.7. The lowest BCUT2D eigenvalue weighted by Gasteiger charge is -2.12. The van der Waals surface area contributed by atoms with Gasteiger partial charge in [0, 0.05) is 50.5 Å². The largest absolute Gasteiger partial charge is 0.434 e. The number of rotatable bonds is 6. The molecule has 0 aliphatic heterocycles. The van der Waals surface area contributed by atoms with Crippen LogP contribution < -0.4 is 0 Å². The summed E-state index contributed by atoms with van der Waals surface area (Å²) in [7, 11) is 0. The molecule has 0 bridgehead atoms. The fraction of sp³-hybridized carbons (Fsp3) is 0. The Hall–Kier alpha value is -8.88. The molecule has 5 heterocycles. The van der Waals surface area contributed by atoms with Crippen LogP contribution in [0.25, 0.3) is 128 Å². The minimum atomic E-state index is 0.511. The number of furan rings is 1. The molecule has 0 aliphatic carbocycles. The standard InChI is InChI=1S/C56H33N7O/c1-2-11-35(12-3-1)53-60-54(62-55(61-53)41-15-10-16-44(30-41)63-48-19-8-6-17-45(48)46-18-7-9-20-49(46)63)36-23-21-34(22-24-36)43-31-47-51-52(64-56(47)57-32-43)50(58-33-59-51)40-26-25-39-27-37-13-4-5-14-38(37)28-42(39)29-40/h1-33H. The molecule has 0 spiro atoms. The van der Waals surface area contributed by atoms with Gasteiger partial charge < -0.3 is 8.98 Å². The van der Waals surface area contributed by atoms with Crippen molar-refractivity contribution in [1.82, 2.24) is 34.5 Å². The molecule has 13 aromatic rings. The van der Waals surface area contributed by atoms with Gasteiger partial charge in [0.15, 0.2) is 23.1 Å². The first kappa shape index (κ1) is 35.8. The summed E-state index contributed by atoms with van der Waals surface area (Å²) in [5, 5.41) is 7.96. The van der Waals surface area contributed by atoms with Gasteiger partial charge >= 0.3 is 0 Å². The van der Waals surface area contributed by atoms with Crippen LogP contribution in [-0.4, -0.2) is 34.5 Å². The van der Waals surface area contributed by atoms with Crippen LogP contribution in [0.4, 0.5) is 0 Å². The summed E-state index contributed by atoms with van der Waals surface area (Å²) >= 11 is 0. The predicted octanol–water partition coefficient (Wildman–Crippen LogP) is 13.7. The molecular weight excluding hydrogens is 787 g/mol. The van der Waals surface area contributed by atoms with E-state index in [4.69, 9.17) is 34.3 Å². The second-order valence-electron chi connectivity index (χ2n) is 16.0. The maximum Gasteiger partial charge on any atom is 0.229 e. The van der Waals surface area contributed by atoms with Crippen molar-refractivity contribution >= 4 is 65.6 Å². The van der Waals surface area contributed by atoms with Gasteiger partial charge in [0.1, 0.15) is 17.5 Å². The Labute approximate surface area is 365 Å². The zero-order chi connectivity index (χ0) is 42.1. The summed E-state index contributed by atoms with van der Waals surface area (Å²) in [6, 6.07) is 65.2. The van der Waals surface area contributed by atoms with E-state index in [0.717, 1.165) is 72.1 Å². The summed E-state index contributed by atoms with van der Waals surface area (Å²) in [4.78, 5) is 29.3. The summed E-state index contributed by atoms with van der Waals surface area (Å²) in [5.74, 6) is 1.78. The smallest absolute Gasteiger partial charge is 0.229 e. The van der Waals surface area contributed by atoms with E-state index in [2.05, 4.69) is 162 Å². The van der Waals surface area contributed by atoms with Crippen molar-refractivity contribution in [2.45, 2.75) is 0 Å². The fourth-order valence-electron chi connectivity index (χ4n) is 9.06. The van der Waals surface area contributed by atoms with Crippen molar-refractivity contribution in [1.29, 1.82) is 0 Å². The molecular formula is C56H33N7O. The minimum absolute atomic E-state index is 0.511. The van der Waals surface area contributed by atoms with Crippen molar-refractivity contribution in [2.24, 2.45) is 0 Å². The van der Waals surface area contributed by atoms with Gasteiger partial charge in [-0.25, -0.2) is 29.9 Å². The Morgan fingerprint density at radius 1 is 0.375 bits per heavy atom. The monoisotopic (exact) mass is 819 g/mol. The van der Waals surface area contributed by atoms with Gasteiger partial charge in [-0.1, -0.05) is 140 Å². The van der Waals surface area contributed by atoms with E-state index in [0.29, 0.717) is 28.8 Å². The zero-order valence-electron chi connectivity index (χ0n) is 34.1. The van der Waals surface area contributed by atoms with E-state index < -0.39 is 0 Å². The van der Waals surface area contributed by atoms with Gasteiger partial charge in [-0.15, -0.1) is 0 Å². The van der Waals surface area contributed by atoms with Crippen LogP contribution in [0.1, 0.15) is 0 Å². The van der Waals surface area contributed by atoms with Gasteiger partial charge in [-0.3, -0.25) is 0 Å². The van der Waals surface area contributed by atoms with Crippen LogP contribution in [0, 0.1) is 0 Å². The fourth-order valence-corrected chi connectivity index (χ4v) is 9.06. The van der Waals surface area contributed by atoms with Gasteiger partial charge in [-0.2, -0.15) is 0 Å². The first-order valence-electron chi connectivity index (χ1n) is 21.2. The number of hydrogen-bond acceptors (Lipinski definition) is 7. The molecule has 0 N–H and O–H groups in total.